The summed E-state index contributed by atoms with van der Waals surface area (Å²) in [7, 11) is 3.03. The van der Waals surface area contributed by atoms with Crippen molar-refractivity contribution in [2.75, 3.05) is 12.4 Å². The molecule has 0 aliphatic carbocycles. The second kappa shape index (κ2) is 8.54. The van der Waals surface area contributed by atoms with Gasteiger partial charge >= 0.3 is 0 Å². The van der Waals surface area contributed by atoms with Crippen LogP contribution in [0.2, 0.25) is 0 Å². The number of rotatable bonds is 5. The summed E-state index contributed by atoms with van der Waals surface area (Å²) in [5, 5.41) is 6.70. The minimum atomic E-state index is -0.479. The Morgan fingerprint density at radius 3 is 2.55 bits per heavy atom. The number of methoxy groups -OCH3 is 1. The van der Waals surface area contributed by atoms with Crippen molar-refractivity contribution < 1.29 is 9.53 Å². The summed E-state index contributed by atoms with van der Waals surface area (Å²) in [6.45, 7) is 0. The predicted octanol–water partition coefficient (Wildman–Crippen LogP) is 2.56. The van der Waals surface area contributed by atoms with Gasteiger partial charge in [-0.2, -0.15) is 5.10 Å². The smallest absolute Gasteiger partial charge is 0.275 e. The van der Waals surface area contributed by atoms with Crippen molar-refractivity contribution in [3.05, 3.63) is 82.9 Å². The Morgan fingerprint density at radius 2 is 1.81 bits per heavy atom. The number of hydrogen-bond donors (Lipinski definition) is 1. The average molecular weight is 414 g/mol. The minimum absolute atomic E-state index is 0.148. The number of carbonyl (C=O) groups is 1. The van der Waals surface area contributed by atoms with Gasteiger partial charge < -0.3 is 10.1 Å². The molecule has 0 saturated heterocycles. The van der Waals surface area contributed by atoms with E-state index in [9.17, 15) is 9.59 Å². The van der Waals surface area contributed by atoms with E-state index in [4.69, 9.17) is 4.74 Å². The van der Waals surface area contributed by atoms with Crippen molar-refractivity contribution in [2.45, 2.75) is 0 Å². The van der Waals surface area contributed by atoms with Crippen LogP contribution in [0.25, 0.3) is 22.6 Å². The van der Waals surface area contributed by atoms with E-state index in [-0.39, 0.29) is 17.1 Å². The third kappa shape index (κ3) is 4.45. The van der Waals surface area contributed by atoms with E-state index in [2.05, 4.69) is 25.4 Å². The highest BCUT2D eigenvalue weighted by molar-refractivity contribution is 6.03. The van der Waals surface area contributed by atoms with Gasteiger partial charge in [-0.15, -0.1) is 0 Å². The summed E-state index contributed by atoms with van der Waals surface area (Å²) in [5.41, 5.74) is 1.89. The molecule has 4 rings (SSSR count). The number of anilines is 1. The molecule has 9 heteroatoms. The third-order valence-electron chi connectivity index (χ3n) is 4.43. The third-order valence-corrected chi connectivity index (χ3v) is 4.43. The normalized spacial score (nSPS) is 10.5. The topological polar surface area (TPSA) is 112 Å². The zero-order valence-corrected chi connectivity index (χ0v) is 16.8. The molecule has 1 N–H and O–H groups in total. The van der Waals surface area contributed by atoms with Gasteiger partial charge in [-0.1, -0.05) is 30.3 Å². The van der Waals surface area contributed by atoms with E-state index in [1.165, 1.54) is 26.3 Å². The van der Waals surface area contributed by atoms with Crippen molar-refractivity contribution in [1.82, 2.24) is 24.7 Å². The molecular weight excluding hydrogens is 396 g/mol. The second-order valence-electron chi connectivity index (χ2n) is 6.55. The largest absolute Gasteiger partial charge is 0.481 e. The fourth-order valence-corrected chi connectivity index (χ4v) is 2.86. The molecule has 1 amide bonds. The van der Waals surface area contributed by atoms with E-state index in [0.717, 1.165) is 15.8 Å². The molecule has 0 spiro atoms. The lowest BCUT2D eigenvalue weighted by Gasteiger charge is -2.10. The van der Waals surface area contributed by atoms with Gasteiger partial charge in [-0.05, 0) is 18.2 Å². The van der Waals surface area contributed by atoms with E-state index in [1.54, 1.807) is 24.4 Å². The number of nitrogens with one attached hydrogen (secondary N) is 1. The standard InChI is InChI=1S/C22H18N6O3/c1-28-20(29)9-8-18(27-28)26-22(30)17-13-16(15-10-11-23-19(12-15)31-2)24-21(25-17)14-6-4-3-5-7-14/h3-13H,1-2H3,(H,26,27,30). The van der Waals surface area contributed by atoms with Crippen LogP contribution in [-0.2, 0) is 7.05 Å². The molecule has 0 unspecified atom stereocenters. The highest BCUT2D eigenvalue weighted by Gasteiger charge is 2.15. The van der Waals surface area contributed by atoms with Crippen LogP contribution in [0.4, 0.5) is 5.82 Å². The Labute approximate surface area is 177 Å². The lowest BCUT2D eigenvalue weighted by molar-refractivity contribution is 0.102. The summed E-state index contributed by atoms with van der Waals surface area (Å²) in [6.07, 6.45) is 1.60. The van der Waals surface area contributed by atoms with Gasteiger partial charge in [-0.3, -0.25) is 9.59 Å². The molecule has 0 atom stereocenters. The van der Waals surface area contributed by atoms with Crippen LogP contribution in [0.15, 0.2) is 71.7 Å². The minimum Gasteiger partial charge on any atom is -0.481 e. The summed E-state index contributed by atoms with van der Waals surface area (Å²) in [4.78, 5) is 37.7. The molecule has 0 saturated carbocycles. The van der Waals surface area contributed by atoms with Crippen LogP contribution in [0.5, 0.6) is 5.88 Å². The van der Waals surface area contributed by atoms with Crippen LogP contribution in [0.1, 0.15) is 10.5 Å². The maximum atomic E-state index is 12.9. The fourth-order valence-electron chi connectivity index (χ4n) is 2.86. The number of pyridine rings is 1. The first-order valence-corrected chi connectivity index (χ1v) is 9.34. The SMILES string of the molecule is COc1cc(-c2cc(C(=O)Nc3ccc(=O)n(C)n3)nc(-c3ccccc3)n2)ccn1. The quantitative estimate of drug-likeness (QED) is 0.534. The summed E-state index contributed by atoms with van der Waals surface area (Å²) in [5.74, 6) is 0.581. The Hall–Kier alpha value is -4.40. The summed E-state index contributed by atoms with van der Waals surface area (Å²) in [6, 6.07) is 17.2. The second-order valence-corrected chi connectivity index (χ2v) is 6.55. The van der Waals surface area contributed by atoms with E-state index >= 15 is 0 Å². The number of ether oxygens (including phenoxy) is 1. The number of carbonyl (C=O) groups excluding carboxylic acids is 1. The molecule has 0 aliphatic rings. The molecule has 3 aromatic heterocycles. The molecule has 0 fully saturated rings. The maximum absolute atomic E-state index is 12.9. The lowest BCUT2D eigenvalue weighted by atomic mass is 10.1. The monoisotopic (exact) mass is 414 g/mol. The highest BCUT2D eigenvalue weighted by Crippen LogP contribution is 2.24. The first-order valence-electron chi connectivity index (χ1n) is 9.34. The van der Waals surface area contributed by atoms with E-state index in [0.29, 0.717) is 17.4 Å². The van der Waals surface area contributed by atoms with E-state index < -0.39 is 5.91 Å². The summed E-state index contributed by atoms with van der Waals surface area (Å²) >= 11 is 0. The van der Waals surface area contributed by atoms with Crippen molar-refractivity contribution in [3.8, 4) is 28.5 Å². The van der Waals surface area contributed by atoms with Gasteiger partial charge in [0.2, 0.25) is 5.88 Å². The molecule has 3 heterocycles. The van der Waals surface area contributed by atoms with Gasteiger partial charge in [0.15, 0.2) is 11.6 Å². The predicted molar refractivity (Wildman–Crippen MR) is 115 cm³/mol. The van der Waals surface area contributed by atoms with Gasteiger partial charge in [0.05, 0.1) is 12.8 Å². The molecule has 1 aromatic carbocycles. The van der Waals surface area contributed by atoms with Crippen molar-refractivity contribution >= 4 is 11.7 Å². The Morgan fingerprint density at radius 1 is 1.00 bits per heavy atom. The van der Waals surface area contributed by atoms with Crippen LogP contribution >= 0.6 is 0 Å². The van der Waals surface area contributed by atoms with Crippen LogP contribution in [0, 0.1) is 0 Å². The number of aryl methyl sites for hydroxylation is 1. The van der Waals surface area contributed by atoms with Gasteiger partial charge in [0.1, 0.15) is 5.69 Å². The van der Waals surface area contributed by atoms with Crippen LogP contribution in [0.3, 0.4) is 0 Å². The molecule has 154 valence electrons. The molecule has 4 aromatic rings. The Kier molecular flexibility index (Phi) is 5.48. The average Bonchev–Trinajstić information content (AvgIpc) is 2.81. The number of hydrogen-bond acceptors (Lipinski definition) is 7. The van der Waals surface area contributed by atoms with Crippen LogP contribution in [-0.4, -0.2) is 37.7 Å². The number of aromatic nitrogens is 5. The fraction of sp³-hybridized carbons (Fsp3) is 0.0909. The van der Waals surface area contributed by atoms with Crippen molar-refractivity contribution in [2.24, 2.45) is 7.05 Å². The molecule has 0 bridgehead atoms. The van der Waals surface area contributed by atoms with Crippen molar-refractivity contribution in [3.63, 3.8) is 0 Å². The zero-order chi connectivity index (χ0) is 21.8. The zero-order valence-electron chi connectivity index (χ0n) is 16.8. The first-order chi connectivity index (χ1) is 15.0. The molecule has 9 nitrogen and oxygen atoms in total. The molecular formula is C22H18N6O3. The van der Waals surface area contributed by atoms with Gasteiger partial charge in [0.25, 0.3) is 11.5 Å². The number of amides is 1. The lowest BCUT2D eigenvalue weighted by Crippen LogP contribution is -2.22. The van der Waals surface area contributed by atoms with Gasteiger partial charge in [0, 0.05) is 36.5 Å². The Bertz CT molecular complexity index is 1300. The number of nitrogens with zero attached hydrogens (tertiary/aromatic N) is 5. The van der Waals surface area contributed by atoms with Crippen molar-refractivity contribution in [1.29, 1.82) is 0 Å². The highest BCUT2D eigenvalue weighted by atomic mass is 16.5. The molecule has 0 aliphatic heterocycles. The molecule has 31 heavy (non-hydrogen) atoms. The Balaban J connectivity index is 1.77. The maximum Gasteiger partial charge on any atom is 0.275 e. The summed E-state index contributed by atoms with van der Waals surface area (Å²) < 4.78 is 6.34. The van der Waals surface area contributed by atoms with Gasteiger partial charge in [-0.25, -0.2) is 19.6 Å². The first kappa shape index (κ1) is 19.9. The van der Waals surface area contributed by atoms with Crippen LogP contribution < -0.4 is 15.6 Å². The number of benzene rings is 1. The molecule has 0 radical (unpaired) electrons. The van der Waals surface area contributed by atoms with E-state index in [1.807, 2.05) is 30.3 Å².